The molecule has 4 rings (SSSR count). The van der Waals surface area contributed by atoms with Crippen molar-refractivity contribution in [2.24, 2.45) is 10.4 Å². The van der Waals surface area contributed by atoms with Gasteiger partial charge in [-0.2, -0.15) is 0 Å². The van der Waals surface area contributed by atoms with Gasteiger partial charge in [0.05, 0.1) is 12.0 Å². The Kier molecular flexibility index (Phi) is 3.41. The largest absolute Gasteiger partial charge is 0.334 e. The number of guanidine groups is 1. The smallest absolute Gasteiger partial charge is 0.238 e. The molecule has 5 nitrogen and oxygen atoms in total. The van der Waals surface area contributed by atoms with Crippen molar-refractivity contribution in [3.05, 3.63) is 35.4 Å². The molecular formula is C18H24N4O. The monoisotopic (exact) mass is 312 g/mol. The van der Waals surface area contributed by atoms with Crippen LogP contribution in [-0.2, 0) is 11.3 Å². The molecular weight excluding hydrogens is 288 g/mol. The van der Waals surface area contributed by atoms with Gasteiger partial charge in [0.15, 0.2) is 0 Å². The number of hydrogen-bond acceptors (Lipinski definition) is 4. The topological polar surface area (TPSA) is 47.9 Å². The van der Waals surface area contributed by atoms with E-state index >= 15 is 0 Å². The second kappa shape index (κ2) is 5.34. The molecule has 0 aromatic heterocycles. The Balaban J connectivity index is 1.73. The molecule has 5 heteroatoms. The molecule has 0 saturated carbocycles. The number of amides is 1. The highest BCUT2D eigenvalue weighted by Gasteiger charge is 2.54. The van der Waals surface area contributed by atoms with E-state index in [1.54, 1.807) is 0 Å². The van der Waals surface area contributed by atoms with E-state index < -0.39 is 0 Å². The van der Waals surface area contributed by atoms with Crippen molar-refractivity contribution >= 4 is 11.9 Å². The second-order valence-electron chi connectivity index (χ2n) is 7.09. The standard InChI is InChI=1S/C18H24N4O/c1-13-5-3-4-6-14(13)11-22-15-7-8-19-12-18(15,2)16(23)21-10-9-20-17(21)22/h3-6,15,19H,7-12H2,1-2H3/t15?,18-/m1/s1. The molecule has 0 bridgehead atoms. The van der Waals surface area contributed by atoms with Crippen LogP contribution in [0.25, 0.3) is 0 Å². The normalized spacial score (nSPS) is 30.1. The summed E-state index contributed by atoms with van der Waals surface area (Å²) < 4.78 is 0. The highest BCUT2D eigenvalue weighted by atomic mass is 16.2. The highest BCUT2D eigenvalue weighted by molar-refractivity contribution is 6.03. The maximum atomic E-state index is 13.0. The van der Waals surface area contributed by atoms with Crippen LogP contribution in [0.3, 0.4) is 0 Å². The number of nitrogens with one attached hydrogen (secondary N) is 1. The number of nitrogens with zero attached hydrogens (tertiary/aromatic N) is 3. The molecule has 1 unspecified atom stereocenters. The Morgan fingerprint density at radius 3 is 3.04 bits per heavy atom. The van der Waals surface area contributed by atoms with Crippen LogP contribution in [0, 0.1) is 12.3 Å². The van der Waals surface area contributed by atoms with Crippen LogP contribution in [-0.4, -0.2) is 53.9 Å². The summed E-state index contributed by atoms with van der Waals surface area (Å²) in [5.41, 5.74) is 2.26. The Labute approximate surface area is 137 Å². The molecule has 122 valence electrons. The van der Waals surface area contributed by atoms with Crippen LogP contribution in [0.2, 0.25) is 0 Å². The first-order valence-electron chi connectivity index (χ1n) is 8.49. The number of aliphatic imine (C=N–C) groups is 1. The van der Waals surface area contributed by atoms with Crippen LogP contribution in [0.15, 0.2) is 29.3 Å². The summed E-state index contributed by atoms with van der Waals surface area (Å²) in [6.45, 7) is 8.26. The first kappa shape index (κ1) is 14.7. The van der Waals surface area contributed by atoms with Gasteiger partial charge in [0, 0.05) is 25.7 Å². The van der Waals surface area contributed by atoms with E-state index in [9.17, 15) is 4.79 Å². The molecule has 1 amide bonds. The second-order valence-corrected chi connectivity index (χ2v) is 7.09. The minimum Gasteiger partial charge on any atom is -0.334 e. The quantitative estimate of drug-likeness (QED) is 0.897. The molecule has 2 saturated heterocycles. The zero-order valence-electron chi connectivity index (χ0n) is 13.9. The number of benzene rings is 1. The summed E-state index contributed by atoms with van der Waals surface area (Å²) in [7, 11) is 0. The molecule has 2 fully saturated rings. The minimum absolute atomic E-state index is 0.226. The first-order chi connectivity index (χ1) is 11.1. The Morgan fingerprint density at radius 2 is 2.22 bits per heavy atom. The van der Waals surface area contributed by atoms with Gasteiger partial charge in [0.2, 0.25) is 11.9 Å². The van der Waals surface area contributed by atoms with Crippen LogP contribution < -0.4 is 5.32 Å². The number of rotatable bonds is 2. The Hall–Kier alpha value is -1.88. The van der Waals surface area contributed by atoms with Gasteiger partial charge in [-0.05, 0) is 37.9 Å². The van der Waals surface area contributed by atoms with Crippen LogP contribution >= 0.6 is 0 Å². The van der Waals surface area contributed by atoms with E-state index in [2.05, 4.69) is 53.3 Å². The van der Waals surface area contributed by atoms with E-state index in [1.807, 2.05) is 4.90 Å². The maximum absolute atomic E-state index is 13.0. The summed E-state index contributed by atoms with van der Waals surface area (Å²) in [5.74, 6) is 1.13. The first-order valence-corrected chi connectivity index (χ1v) is 8.49. The molecule has 0 aliphatic carbocycles. The molecule has 3 aliphatic heterocycles. The summed E-state index contributed by atoms with van der Waals surface area (Å²) in [4.78, 5) is 22.0. The van der Waals surface area contributed by atoms with Crippen molar-refractivity contribution < 1.29 is 4.79 Å². The maximum Gasteiger partial charge on any atom is 0.238 e. The lowest BCUT2D eigenvalue weighted by Crippen LogP contribution is -2.69. The lowest BCUT2D eigenvalue weighted by atomic mass is 9.74. The number of hydrogen-bond donors (Lipinski definition) is 1. The van der Waals surface area contributed by atoms with Gasteiger partial charge in [-0.15, -0.1) is 0 Å². The van der Waals surface area contributed by atoms with Gasteiger partial charge >= 0.3 is 0 Å². The number of fused-ring (bicyclic) bond motifs is 2. The van der Waals surface area contributed by atoms with Gasteiger partial charge in [-0.1, -0.05) is 24.3 Å². The van der Waals surface area contributed by atoms with E-state index in [1.165, 1.54) is 11.1 Å². The van der Waals surface area contributed by atoms with Crippen molar-refractivity contribution in [1.29, 1.82) is 0 Å². The van der Waals surface area contributed by atoms with E-state index in [0.29, 0.717) is 0 Å². The fourth-order valence-corrected chi connectivity index (χ4v) is 4.21. The molecule has 23 heavy (non-hydrogen) atoms. The van der Waals surface area contributed by atoms with Crippen molar-refractivity contribution in [1.82, 2.24) is 15.1 Å². The number of carbonyl (C=O) groups is 1. The third kappa shape index (κ3) is 2.17. The summed E-state index contributed by atoms with van der Waals surface area (Å²) in [6, 6.07) is 8.73. The van der Waals surface area contributed by atoms with Gasteiger partial charge in [-0.25, -0.2) is 0 Å². The lowest BCUT2D eigenvalue weighted by Gasteiger charge is -2.53. The fourth-order valence-electron chi connectivity index (χ4n) is 4.21. The van der Waals surface area contributed by atoms with E-state index in [-0.39, 0.29) is 17.4 Å². The molecule has 1 aromatic rings. The highest BCUT2D eigenvalue weighted by Crippen LogP contribution is 2.39. The zero-order valence-corrected chi connectivity index (χ0v) is 13.9. The number of aryl methyl sites for hydroxylation is 1. The van der Waals surface area contributed by atoms with Crippen molar-refractivity contribution in [2.45, 2.75) is 32.9 Å². The summed E-state index contributed by atoms with van der Waals surface area (Å²) in [5, 5.41) is 3.42. The Bertz CT molecular complexity index is 671. The third-order valence-electron chi connectivity index (χ3n) is 5.61. The zero-order chi connectivity index (χ0) is 16.0. The molecule has 1 N–H and O–H groups in total. The minimum atomic E-state index is -0.357. The molecule has 3 heterocycles. The van der Waals surface area contributed by atoms with Crippen molar-refractivity contribution in [3.8, 4) is 0 Å². The molecule has 0 radical (unpaired) electrons. The van der Waals surface area contributed by atoms with Crippen LogP contribution in [0.5, 0.6) is 0 Å². The average molecular weight is 312 g/mol. The van der Waals surface area contributed by atoms with Gasteiger partial charge < -0.3 is 10.2 Å². The fraction of sp³-hybridized carbons (Fsp3) is 0.556. The van der Waals surface area contributed by atoms with Gasteiger partial charge in [0.1, 0.15) is 0 Å². The predicted octanol–water partition coefficient (Wildman–Crippen LogP) is 1.38. The van der Waals surface area contributed by atoms with Gasteiger partial charge in [0.25, 0.3) is 0 Å². The molecule has 3 aliphatic rings. The van der Waals surface area contributed by atoms with Crippen LogP contribution in [0.4, 0.5) is 0 Å². The molecule has 0 spiro atoms. The Morgan fingerprint density at radius 1 is 1.39 bits per heavy atom. The SMILES string of the molecule is Cc1ccccc1CN1C2=NCCN2C(=O)[C@]2(C)CNCCC12. The van der Waals surface area contributed by atoms with Gasteiger partial charge in [-0.3, -0.25) is 14.7 Å². The number of piperidine rings is 1. The molecule has 2 atom stereocenters. The van der Waals surface area contributed by atoms with E-state index in [0.717, 1.165) is 45.1 Å². The summed E-state index contributed by atoms with van der Waals surface area (Å²) in [6.07, 6.45) is 0.987. The predicted molar refractivity (Wildman–Crippen MR) is 90.1 cm³/mol. The van der Waals surface area contributed by atoms with Crippen molar-refractivity contribution in [2.75, 3.05) is 26.2 Å². The lowest BCUT2D eigenvalue weighted by molar-refractivity contribution is -0.146. The average Bonchev–Trinajstić information content (AvgIpc) is 3.03. The molecule has 1 aromatic carbocycles. The summed E-state index contributed by atoms with van der Waals surface area (Å²) >= 11 is 0. The number of carbonyl (C=O) groups excluding carboxylic acids is 1. The van der Waals surface area contributed by atoms with E-state index in [4.69, 9.17) is 0 Å². The van der Waals surface area contributed by atoms with Crippen LogP contribution in [0.1, 0.15) is 24.5 Å². The third-order valence-corrected chi connectivity index (χ3v) is 5.61. The van der Waals surface area contributed by atoms with Crippen molar-refractivity contribution in [3.63, 3.8) is 0 Å².